The van der Waals surface area contributed by atoms with Gasteiger partial charge in [0.2, 0.25) is 5.52 Å². The minimum Gasteiger partial charge on any atom is -0.394 e. The van der Waals surface area contributed by atoms with Crippen molar-refractivity contribution < 1.29 is 34.7 Å². The number of hydrogen-bond donors (Lipinski definition) is 5. The maximum Gasteiger partial charge on any atom is 0.300 e. The standard InChI is InChI=1S/C12H14N4O8/c17-3-6-10(18)11(19)9(12(20)23-6)13-4-1-2-5(16(21)22)8-7(4)14-24-15-8/h1-2,6,9-13,17-20H,3H2/t6?,9-,10+,11-,12+/m0/s1. The lowest BCUT2D eigenvalue weighted by atomic mass is 9.96. The van der Waals surface area contributed by atoms with Gasteiger partial charge in [-0.1, -0.05) is 0 Å². The minimum absolute atomic E-state index is 0.0161. The first kappa shape index (κ1) is 16.5. The summed E-state index contributed by atoms with van der Waals surface area (Å²) in [5.74, 6) is 0. The molecule has 12 nitrogen and oxygen atoms in total. The van der Waals surface area contributed by atoms with Crippen molar-refractivity contribution in [2.75, 3.05) is 11.9 Å². The number of non-ortho nitro benzene ring substituents is 1. The Bertz CT molecular complexity index is 752. The fourth-order valence-corrected chi connectivity index (χ4v) is 2.55. The molecule has 1 aromatic heterocycles. The second-order valence-electron chi connectivity index (χ2n) is 5.25. The van der Waals surface area contributed by atoms with Crippen molar-refractivity contribution in [2.45, 2.75) is 30.6 Å². The van der Waals surface area contributed by atoms with Crippen molar-refractivity contribution >= 4 is 22.4 Å². The molecule has 130 valence electrons. The lowest BCUT2D eigenvalue weighted by molar-refractivity contribution is -0.383. The summed E-state index contributed by atoms with van der Waals surface area (Å²) < 4.78 is 9.54. The molecule has 0 aliphatic carbocycles. The van der Waals surface area contributed by atoms with Gasteiger partial charge in [-0.3, -0.25) is 10.1 Å². The first-order valence-corrected chi connectivity index (χ1v) is 6.90. The van der Waals surface area contributed by atoms with Gasteiger partial charge in [0.1, 0.15) is 24.4 Å². The summed E-state index contributed by atoms with van der Waals surface area (Å²) >= 11 is 0. The molecule has 12 heteroatoms. The van der Waals surface area contributed by atoms with Crippen LogP contribution in [0.1, 0.15) is 0 Å². The Morgan fingerprint density at radius 3 is 2.58 bits per heavy atom. The van der Waals surface area contributed by atoms with Gasteiger partial charge in [-0.2, -0.15) is 0 Å². The van der Waals surface area contributed by atoms with Crippen LogP contribution in [-0.4, -0.2) is 72.9 Å². The smallest absolute Gasteiger partial charge is 0.300 e. The van der Waals surface area contributed by atoms with E-state index < -0.39 is 42.2 Å². The van der Waals surface area contributed by atoms with Gasteiger partial charge in [0.05, 0.1) is 17.2 Å². The van der Waals surface area contributed by atoms with E-state index in [-0.39, 0.29) is 22.4 Å². The Balaban J connectivity index is 1.91. The number of ether oxygens (including phenoxy) is 1. The third-order valence-corrected chi connectivity index (χ3v) is 3.81. The number of benzene rings is 1. The monoisotopic (exact) mass is 342 g/mol. The molecular weight excluding hydrogens is 328 g/mol. The van der Waals surface area contributed by atoms with Crippen LogP contribution in [0.3, 0.4) is 0 Å². The van der Waals surface area contributed by atoms with Crippen molar-refractivity contribution in [3.8, 4) is 0 Å². The molecule has 2 aromatic rings. The number of nitro benzene ring substituents is 1. The van der Waals surface area contributed by atoms with E-state index in [1.165, 1.54) is 6.07 Å². The van der Waals surface area contributed by atoms with Gasteiger partial charge in [-0.15, -0.1) is 0 Å². The molecule has 1 saturated heterocycles. The molecule has 2 heterocycles. The van der Waals surface area contributed by atoms with E-state index in [1.54, 1.807) is 0 Å². The first-order valence-electron chi connectivity index (χ1n) is 6.90. The Morgan fingerprint density at radius 1 is 1.21 bits per heavy atom. The zero-order chi connectivity index (χ0) is 17.4. The van der Waals surface area contributed by atoms with Crippen molar-refractivity contribution in [2.24, 2.45) is 0 Å². The molecule has 0 amide bonds. The van der Waals surface area contributed by atoms with Crippen LogP contribution < -0.4 is 5.32 Å². The Kier molecular flexibility index (Phi) is 4.29. The Labute approximate surface area is 133 Å². The van der Waals surface area contributed by atoms with E-state index in [1.807, 2.05) is 0 Å². The van der Waals surface area contributed by atoms with Crippen LogP contribution in [0.4, 0.5) is 11.4 Å². The highest BCUT2D eigenvalue weighted by atomic mass is 16.6. The van der Waals surface area contributed by atoms with Crippen LogP contribution >= 0.6 is 0 Å². The van der Waals surface area contributed by atoms with Gasteiger partial charge in [0.25, 0.3) is 0 Å². The average Bonchev–Trinajstić information content (AvgIpc) is 3.04. The summed E-state index contributed by atoms with van der Waals surface area (Å²) in [6.07, 6.45) is -5.61. The quantitative estimate of drug-likeness (QED) is 0.316. The first-order chi connectivity index (χ1) is 11.4. The topological polar surface area (TPSA) is 184 Å². The highest BCUT2D eigenvalue weighted by molar-refractivity contribution is 5.93. The van der Waals surface area contributed by atoms with Crippen LogP contribution in [0.25, 0.3) is 11.0 Å². The molecule has 0 saturated carbocycles. The van der Waals surface area contributed by atoms with E-state index in [4.69, 9.17) is 9.84 Å². The van der Waals surface area contributed by atoms with Crippen molar-refractivity contribution in [3.63, 3.8) is 0 Å². The van der Waals surface area contributed by atoms with Crippen molar-refractivity contribution in [1.82, 2.24) is 10.3 Å². The second kappa shape index (κ2) is 6.26. The van der Waals surface area contributed by atoms with Crippen LogP contribution in [0.15, 0.2) is 16.8 Å². The zero-order valence-corrected chi connectivity index (χ0v) is 12.0. The lowest BCUT2D eigenvalue weighted by Gasteiger charge is -2.40. The molecule has 1 aromatic carbocycles. The van der Waals surface area contributed by atoms with Crippen molar-refractivity contribution in [1.29, 1.82) is 0 Å². The van der Waals surface area contributed by atoms with Gasteiger partial charge in [0, 0.05) is 6.07 Å². The fourth-order valence-electron chi connectivity index (χ4n) is 2.55. The zero-order valence-electron chi connectivity index (χ0n) is 12.0. The number of aromatic nitrogens is 2. The number of nitro groups is 1. The summed E-state index contributed by atoms with van der Waals surface area (Å²) in [5.41, 5.74) is -0.238. The molecule has 1 unspecified atom stereocenters. The van der Waals surface area contributed by atoms with E-state index in [0.29, 0.717) is 0 Å². The van der Waals surface area contributed by atoms with Crippen LogP contribution in [0, 0.1) is 10.1 Å². The third-order valence-electron chi connectivity index (χ3n) is 3.81. The molecule has 24 heavy (non-hydrogen) atoms. The van der Waals surface area contributed by atoms with E-state index in [2.05, 4.69) is 20.3 Å². The van der Waals surface area contributed by atoms with Gasteiger partial charge < -0.3 is 30.5 Å². The average molecular weight is 342 g/mol. The van der Waals surface area contributed by atoms with Crippen LogP contribution in [0.5, 0.6) is 0 Å². The number of hydrogen-bond acceptors (Lipinski definition) is 11. The van der Waals surface area contributed by atoms with E-state index in [9.17, 15) is 25.4 Å². The molecule has 3 rings (SSSR count). The highest BCUT2D eigenvalue weighted by Crippen LogP contribution is 2.31. The molecule has 1 aliphatic heterocycles. The minimum atomic E-state index is -1.55. The number of rotatable bonds is 4. The van der Waals surface area contributed by atoms with Gasteiger partial charge in [-0.05, 0) is 16.4 Å². The maximum atomic E-state index is 10.9. The summed E-state index contributed by atoms with van der Waals surface area (Å²) in [5, 5.41) is 59.7. The molecular formula is C12H14N4O8. The van der Waals surface area contributed by atoms with E-state index >= 15 is 0 Å². The van der Waals surface area contributed by atoms with Crippen LogP contribution in [-0.2, 0) is 4.74 Å². The van der Waals surface area contributed by atoms with Gasteiger partial charge >= 0.3 is 5.69 Å². The molecule has 1 fully saturated rings. The predicted octanol–water partition coefficient (Wildman–Crippen LogP) is -1.66. The Hall–Kier alpha value is -2.38. The second-order valence-corrected chi connectivity index (χ2v) is 5.25. The summed E-state index contributed by atoms with van der Waals surface area (Å²) in [6.45, 7) is -0.586. The summed E-state index contributed by atoms with van der Waals surface area (Å²) in [7, 11) is 0. The number of nitrogens with zero attached hydrogens (tertiary/aromatic N) is 3. The number of nitrogens with one attached hydrogen (secondary N) is 1. The third kappa shape index (κ3) is 2.65. The van der Waals surface area contributed by atoms with Crippen molar-refractivity contribution in [3.05, 3.63) is 22.2 Å². The molecule has 1 aliphatic rings. The molecule has 5 N–H and O–H groups in total. The SMILES string of the molecule is O=[N+]([O-])c1ccc(N[C@H]2[C@H](O)[C@H](O)C(CO)O[C@H]2O)c2nonc12. The number of fused-ring (bicyclic) bond motifs is 1. The van der Waals surface area contributed by atoms with E-state index in [0.717, 1.165) is 6.07 Å². The van der Waals surface area contributed by atoms with Gasteiger partial charge in [-0.25, -0.2) is 4.63 Å². The van der Waals surface area contributed by atoms with Gasteiger partial charge in [0.15, 0.2) is 11.8 Å². The fraction of sp³-hybridized carbons (Fsp3) is 0.500. The normalized spacial score (nSPS) is 30.4. The molecule has 0 bridgehead atoms. The summed E-state index contributed by atoms with van der Waals surface area (Å²) in [4.78, 5) is 10.3. The lowest BCUT2D eigenvalue weighted by Crippen LogP contribution is -2.61. The predicted molar refractivity (Wildman–Crippen MR) is 75.8 cm³/mol. The molecule has 0 radical (unpaired) electrons. The van der Waals surface area contributed by atoms with Crippen LogP contribution in [0.2, 0.25) is 0 Å². The highest BCUT2D eigenvalue weighted by Gasteiger charge is 2.44. The number of anilines is 1. The molecule has 0 spiro atoms. The largest absolute Gasteiger partial charge is 0.394 e. The number of aliphatic hydroxyl groups excluding tert-OH is 4. The summed E-state index contributed by atoms with van der Waals surface area (Å²) in [6, 6.07) is 1.28. The Morgan fingerprint density at radius 2 is 1.92 bits per heavy atom. The molecule has 5 atom stereocenters. The number of aliphatic hydroxyl groups is 4. The maximum absolute atomic E-state index is 10.9.